The Labute approximate surface area is 261 Å². The number of hydrogen-bond donors (Lipinski definition) is 3. The number of anilines is 6. The number of ether oxygens (including phenoxy) is 2. The van der Waals surface area contributed by atoms with Crippen LogP contribution < -0.4 is 30.3 Å². The molecule has 10 nitrogen and oxygen atoms in total. The number of methoxy groups -OCH3 is 1. The maximum absolute atomic E-state index is 13.5. The van der Waals surface area contributed by atoms with Gasteiger partial charge in [-0.15, -0.1) is 0 Å². The normalized spacial score (nSPS) is 10.7. The molecule has 0 saturated carbocycles. The van der Waals surface area contributed by atoms with Crippen molar-refractivity contribution in [3.63, 3.8) is 0 Å². The lowest BCUT2D eigenvalue weighted by Gasteiger charge is -2.26. The van der Waals surface area contributed by atoms with Gasteiger partial charge in [-0.1, -0.05) is 30.3 Å². The van der Waals surface area contributed by atoms with Crippen LogP contribution in [-0.4, -0.2) is 62.1 Å². The van der Waals surface area contributed by atoms with Gasteiger partial charge in [-0.05, 0) is 68.2 Å². The smallest absolute Gasteiger partial charge is 0.247 e. The zero-order valence-electron chi connectivity index (χ0n) is 25.0. The van der Waals surface area contributed by atoms with Crippen molar-refractivity contribution in [3.8, 4) is 11.5 Å². The molecular formula is C32H35ClFN7O3. The Balaban J connectivity index is 1.51. The summed E-state index contributed by atoms with van der Waals surface area (Å²) in [6, 6.07) is 16.8. The van der Waals surface area contributed by atoms with E-state index in [1.165, 1.54) is 18.2 Å². The van der Waals surface area contributed by atoms with Gasteiger partial charge < -0.3 is 35.2 Å². The first-order valence-corrected chi connectivity index (χ1v) is 14.1. The van der Waals surface area contributed by atoms with Crippen LogP contribution in [0.3, 0.4) is 0 Å². The second-order valence-electron chi connectivity index (χ2n) is 10.1. The lowest BCUT2D eigenvalue weighted by Crippen LogP contribution is -2.29. The van der Waals surface area contributed by atoms with Gasteiger partial charge >= 0.3 is 0 Å². The van der Waals surface area contributed by atoms with Crippen LogP contribution in [0.15, 0.2) is 79.5 Å². The fourth-order valence-electron chi connectivity index (χ4n) is 4.15. The summed E-state index contributed by atoms with van der Waals surface area (Å²) in [6.07, 6.45) is 2.82. The summed E-state index contributed by atoms with van der Waals surface area (Å²) in [7, 11) is 7.52. The number of nitrogens with one attached hydrogen (secondary N) is 3. The predicted octanol–water partition coefficient (Wildman–Crippen LogP) is 6.47. The van der Waals surface area contributed by atoms with Gasteiger partial charge in [-0.3, -0.25) is 4.79 Å². The van der Waals surface area contributed by atoms with Crippen molar-refractivity contribution in [2.24, 2.45) is 0 Å². The zero-order chi connectivity index (χ0) is 31.6. The van der Waals surface area contributed by atoms with E-state index in [1.54, 1.807) is 55.8 Å². The molecule has 3 N–H and O–H groups in total. The number of hydrogen-bond acceptors (Lipinski definition) is 9. The van der Waals surface area contributed by atoms with Crippen molar-refractivity contribution >= 4 is 52.0 Å². The van der Waals surface area contributed by atoms with E-state index in [0.717, 1.165) is 18.8 Å². The Kier molecular flexibility index (Phi) is 11.0. The van der Waals surface area contributed by atoms with Crippen LogP contribution >= 0.6 is 11.6 Å². The van der Waals surface area contributed by atoms with E-state index >= 15 is 0 Å². The highest BCUT2D eigenvalue weighted by atomic mass is 35.5. The number of nitrogens with zero attached hydrogens (tertiary/aromatic N) is 4. The molecule has 4 rings (SSSR count). The van der Waals surface area contributed by atoms with Gasteiger partial charge in [0.05, 0.1) is 29.2 Å². The van der Waals surface area contributed by atoms with Crippen molar-refractivity contribution < 1.29 is 18.7 Å². The van der Waals surface area contributed by atoms with Gasteiger partial charge in [0.25, 0.3) is 0 Å². The van der Waals surface area contributed by atoms with E-state index in [-0.39, 0.29) is 18.3 Å². The quantitative estimate of drug-likeness (QED) is 0.137. The van der Waals surface area contributed by atoms with Crippen LogP contribution in [0.4, 0.5) is 38.9 Å². The van der Waals surface area contributed by atoms with Gasteiger partial charge in [0.15, 0.2) is 0 Å². The van der Waals surface area contributed by atoms with Gasteiger partial charge in [0, 0.05) is 38.1 Å². The highest BCUT2D eigenvalue weighted by Crippen LogP contribution is 2.38. The molecule has 0 aliphatic rings. The predicted molar refractivity (Wildman–Crippen MR) is 174 cm³/mol. The highest BCUT2D eigenvalue weighted by molar-refractivity contribution is 6.32. The van der Waals surface area contributed by atoms with Crippen molar-refractivity contribution in [2.45, 2.75) is 6.61 Å². The molecule has 4 aromatic rings. The standard InChI is InChI=1S/C32H35ClFN7O3/c1-6-31(42)37-25-18-26(29(43-5)19-27(25)41(4)15-14-40(2)3)38-32-35-13-12-30(39-32)36-23-10-11-28(24(33)17-23)44-20-21-8-7-9-22(34)16-21/h6-13,16-19H,1,14-15,20H2,2-5H3,(H,37,42)(H2,35,36,38,39). The molecule has 44 heavy (non-hydrogen) atoms. The maximum Gasteiger partial charge on any atom is 0.247 e. The molecule has 0 atom stereocenters. The average molecular weight is 620 g/mol. The molecule has 0 fully saturated rings. The minimum absolute atomic E-state index is 0.182. The molecule has 12 heteroatoms. The first-order valence-electron chi connectivity index (χ1n) is 13.7. The molecule has 1 heterocycles. The summed E-state index contributed by atoms with van der Waals surface area (Å²) < 4.78 is 24.9. The highest BCUT2D eigenvalue weighted by Gasteiger charge is 2.17. The lowest BCUT2D eigenvalue weighted by atomic mass is 10.2. The topological polar surface area (TPSA) is 104 Å². The number of benzene rings is 3. The molecule has 3 aromatic carbocycles. The van der Waals surface area contributed by atoms with E-state index in [0.29, 0.717) is 50.9 Å². The summed E-state index contributed by atoms with van der Waals surface area (Å²) in [4.78, 5) is 25.3. The van der Waals surface area contributed by atoms with Crippen LogP contribution in [0.25, 0.3) is 0 Å². The van der Waals surface area contributed by atoms with E-state index in [2.05, 4.69) is 37.4 Å². The van der Waals surface area contributed by atoms with Gasteiger partial charge in [0.1, 0.15) is 29.7 Å². The number of amides is 1. The van der Waals surface area contributed by atoms with Crippen molar-refractivity contribution in [3.05, 3.63) is 95.9 Å². The molecular weight excluding hydrogens is 585 g/mol. The molecule has 0 bridgehead atoms. The Hall–Kier alpha value is -4.87. The second kappa shape index (κ2) is 15.0. The molecule has 0 aliphatic carbocycles. The molecule has 230 valence electrons. The minimum atomic E-state index is -0.338. The third kappa shape index (κ3) is 8.82. The van der Waals surface area contributed by atoms with Gasteiger partial charge in [-0.2, -0.15) is 4.98 Å². The molecule has 1 amide bonds. The van der Waals surface area contributed by atoms with Crippen LogP contribution in [0, 0.1) is 5.82 Å². The zero-order valence-corrected chi connectivity index (χ0v) is 25.8. The molecule has 0 saturated heterocycles. The number of carbonyl (C=O) groups excluding carboxylic acids is 1. The van der Waals surface area contributed by atoms with Crippen LogP contribution in [0.1, 0.15) is 5.56 Å². The molecule has 0 unspecified atom stereocenters. The third-order valence-electron chi connectivity index (χ3n) is 6.44. The largest absolute Gasteiger partial charge is 0.494 e. The van der Waals surface area contributed by atoms with E-state index in [1.807, 2.05) is 32.1 Å². The molecule has 0 aliphatic heterocycles. The Morgan fingerprint density at radius 1 is 1.02 bits per heavy atom. The van der Waals surface area contributed by atoms with Gasteiger partial charge in [0.2, 0.25) is 11.9 Å². The second-order valence-corrected chi connectivity index (χ2v) is 10.5. The average Bonchev–Trinajstić information content (AvgIpc) is 2.99. The number of aromatic nitrogens is 2. The minimum Gasteiger partial charge on any atom is -0.494 e. The SMILES string of the molecule is C=CC(=O)Nc1cc(Nc2nccc(Nc3ccc(OCc4cccc(F)c4)c(Cl)c3)n2)c(OC)cc1N(C)CCN(C)C. The summed E-state index contributed by atoms with van der Waals surface area (Å²) >= 11 is 6.46. The van der Waals surface area contributed by atoms with Crippen molar-refractivity contribution in [1.29, 1.82) is 0 Å². The number of halogens is 2. The van der Waals surface area contributed by atoms with E-state index in [9.17, 15) is 9.18 Å². The number of rotatable bonds is 14. The van der Waals surface area contributed by atoms with Gasteiger partial charge in [-0.25, -0.2) is 9.37 Å². The lowest BCUT2D eigenvalue weighted by molar-refractivity contribution is -0.111. The van der Waals surface area contributed by atoms with Crippen LogP contribution in [0.5, 0.6) is 11.5 Å². The number of carbonyl (C=O) groups is 1. The molecule has 1 aromatic heterocycles. The first-order chi connectivity index (χ1) is 21.1. The first kappa shape index (κ1) is 32.1. The fraction of sp³-hybridized carbons (Fsp3) is 0.219. The maximum atomic E-state index is 13.5. The monoisotopic (exact) mass is 619 g/mol. The third-order valence-corrected chi connectivity index (χ3v) is 6.74. The summed E-state index contributed by atoms with van der Waals surface area (Å²) in [5, 5.41) is 9.66. The van der Waals surface area contributed by atoms with Crippen molar-refractivity contribution in [2.75, 3.05) is 62.2 Å². The van der Waals surface area contributed by atoms with E-state index in [4.69, 9.17) is 21.1 Å². The van der Waals surface area contributed by atoms with E-state index < -0.39 is 0 Å². The number of likely N-dealkylation sites (N-methyl/N-ethyl adjacent to an activating group) is 2. The van der Waals surface area contributed by atoms with Crippen molar-refractivity contribution in [1.82, 2.24) is 14.9 Å². The van der Waals surface area contributed by atoms with Crippen LogP contribution in [-0.2, 0) is 11.4 Å². The summed E-state index contributed by atoms with van der Waals surface area (Å²) in [5.74, 6) is 1.14. The molecule has 0 radical (unpaired) electrons. The molecule has 0 spiro atoms. The Bertz CT molecular complexity index is 1620. The Morgan fingerprint density at radius 2 is 1.84 bits per heavy atom. The summed E-state index contributed by atoms with van der Waals surface area (Å²) in [6.45, 7) is 5.29. The fourth-order valence-corrected chi connectivity index (χ4v) is 4.38. The van der Waals surface area contributed by atoms with Crippen LogP contribution in [0.2, 0.25) is 5.02 Å². The summed E-state index contributed by atoms with van der Waals surface area (Å²) in [5.41, 5.74) is 3.28. The Morgan fingerprint density at radius 3 is 2.55 bits per heavy atom.